The minimum atomic E-state index is -1.47. The van der Waals surface area contributed by atoms with E-state index in [0.717, 1.165) is 12.8 Å². The van der Waals surface area contributed by atoms with E-state index in [1.165, 1.54) is 11.1 Å². The quantitative estimate of drug-likeness (QED) is 0.507. The standard InChI is InChI=1S/C32H41FN6O6/c1-17-21(33)10-7-18-15-38(28(41)26(31(2,3)4)36-30(43)44-20-8-9-20)22(25(17)18)12-24(40)39-16-32(13-19(39)14-34)29(42)37-27-23(45-32)6-5-11-35-27/h5-6,11,17-22,25-26H,7-10,12-13,15-16H2,1-4H3,(H,36,43)(H,35,37,42)/t17-,18+,19+,21-,22-,25+,26-,32-/m1/s1. The Labute approximate surface area is 262 Å². The van der Waals surface area contributed by atoms with Gasteiger partial charge in [0, 0.05) is 31.6 Å². The number of fused-ring (bicyclic) bond motifs is 2. The van der Waals surface area contributed by atoms with Crippen LogP contribution in [0.5, 0.6) is 5.75 Å². The minimum Gasteiger partial charge on any atom is -0.472 e. The van der Waals surface area contributed by atoms with Crippen molar-refractivity contribution < 1.29 is 33.0 Å². The molecule has 1 aromatic rings. The molecule has 0 aromatic carbocycles. The highest BCUT2D eigenvalue weighted by molar-refractivity contribution is 6.01. The number of hydrogen-bond acceptors (Lipinski definition) is 8. The van der Waals surface area contributed by atoms with E-state index in [-0.39, 0.29) is 49.1 Å². The molecule has 0 radical (unpaired) electrons. The Morgan fingerprint density at radius 2 is 2.02 bits per heavy atom. The lowest BCUT2D eigenvalue weighted by molar-refractivity contribution is -0.140. The predicted molar refractivity (Wildman–Crippen MR) is 158 cm³/mol. The van der Waals surface area contributed by atoms with Crippen molar-refractivity contribution in [3.8, 4) is 11.8 Å². The molecule has 2 saturated heterocycles. The van der Waals surface area contributed by atoms with Crippen LogP contribution in [0.3, 0.4) is 0 Å². The molecule has 3 aliphatic heterocycles. The molecular formula is C32H41FN6O6. The number of nitriles is 1. The van der Waals surface area contributed by atoms with Crippen molar-refractivity contribution in [2.45, 2.75) is 102 Å². The van der Waals surface area contributed by atoms with Gasteiger partial charge in [0.1, 0.15) is 24.4 Å². The zero-order valence-electron chi connectivity index (χ0n) is 26.1. The first kappa shape index (κ1) is 31.0. The van der Waals surface area contributed by atoms with E-state index in [0.29, 0.717) is 25.1 Å². The summed E-state index contributed by atoms with van der Waals surface area (Å²) in [6.45, 7) is 7.56. The van der Waals surface area contributed by atoms with Gasteiger partial charge in [0.05, 0.1) is 12.6 Å². The summed E-state index contributed by atoms with van der Waals surface area (Å²) in [5.74, 6) is -1.33. The van der Waals surface area contributed by atoms with Gasteiger partial charge in [-0.2, -0.15) is 5.26 Å². The second-order valence-corrected chi connectivity index (χ2v) is 14.4. The molecule has 2 N–H and O–H groups in total. The third-order valence-electron chi connectivity index (χ3n) is 10.2. The average molecular weight is 625 g/mol. The fourth-order valence-corrected chi connectivity index (χ4v) is 7.61. The van der Waals surface area contributed by atoms with Crippen LogP contribution in [0, 0.1) is 34.5 Å². The zero-order valence-corrected chi connectivity index (χ0v) is 26.1. The van der Waals surface area contributed by atoms with Gasteiger partial charge in [-0.15, -0.1) is 0 Å². The lowest BCUT2D eigenvalue weighted by atomic mass is 9.70. The number of carbonyl (C=O) groups excluding carboxylic acids is 4. The van der Waals surface area contributed by atoms with Crippen LogP contribution in [-0.2, 0) is 19.1 Å². The SMILES string of the molecule is C[C@H]1[C@H]2[C@@H](CC[C@H]1F)CN(C(=O)[C@@H](NC(=O)OC1CC1)C(C)(C)C)[C@@H]2CC(=O)N1C[C@@]2(C[C@H]1C#N)Oc1cccnc1NC2=O. The summed E-state index contributed by atoms with van der Waals surface area (Å²) in [4.78, 5) is 61.4. The van der Waals surface area contributed by atoms with Crippen LogP contribution in [0.2, 0.25) is 0 Å². The maximum atomic E-state index is 15.1. The summed E-state index contributed by atoms with van der Waals surface area (Å²) in [6.07, 6.45) is 2.02. The molecule has 13 heteroatoms. The molecule has 2 saturated carbocycles. The number of nitrogens with one attached hydrogen (secondary N) is 2. The molecule has 4 fully saturated rings. The number of ether oxygens (including phenoxy) is 2. The monoisotopic (exact) mass is 624 g/mol. The van der Waals surface area contributed by atoms with Gasteiger partial charge in [0.25, 0.3) is 5.91 Å². The largest absolute Gasteiger partial charge is 0.472 e. The van der Waals surface area contributed by atoms with Crippen LogP contribution in [-0.4, -0.2) is 87.7 Å². The van der Waals surface area contributed by atoms with Gasteiger partial charge < -0.3 is 29.9 Å². The number of amides is 4. The zero-order chi connectivity index (χ0) is 32.3. The number of pyridine rings is 1. The highest BCUT2D eigenvalue weighted by Gasteiger charge is 2.57. The third kappa shape index (κ3) is 5.79. The normalized spacial score (nSPS) is 32.9. The number of carbonyl (C=O) groups is 4. The molecule has 2 aliphatic carbocycles. The van der Waals surface area contributed by atoms with E-state index >= 15 is 4.39 Å². The van der Waals surface area contributed by atoms with E-state index in [2.05, 4.69) is 21.7 Å². The molecule has 6 rings (SSSR count). The summed E-state index contributed by atoms with van der Waals surface area (Å²) in [7, 11) is 0. The Morgan fingerprint density at radius 3 is 2.71 bits per heavy atom. The number of aromatic nitrogens is 1. The summed E-state index contributed by atoms with van der Waals surface area (Å²) >= 11 is 0. The summed E-state index contributed by atoms with van der Waals surface area (Å²) in [5.41, 5.74) is -2.15. The van der Waals surface area contributed by atoms with Gasteiger partial charge in [0.15, 0.2) is 11.6 Å². The van der Waals surface area contributed by atoms with Crippen LogP contribution >= 0.6 is 0 Å². The van der Waals surface area contributed by atoms with Gasteiger partial charge in [-0.05, 0) is 61.0 Å². The molecule has 1 spiro atoms. The lowest BCUT2D eigenvalue weighted by Crippen LogP contribution is -2.57. The predicted octanol–water partition coefficient (Wildman–Crippen LogP) is 3.18. The minimum absolute atomic E-state index is 0.0130. The Morgan fingerprint density at radius 1 is 1.27 bits per heavy atom. The second-order valence-electron chi connectivity index (χ2n) is 14.4. The van der Waals surface area contributed by atoms with Gasteiger partial charge >= 0.3 is 6.09 Å². The summed E-state index contributed by atoms with van der Waals surface area (Å²) < 4.78 is 26.6. The van der Waals surface area contributed by atoms with E-state index in [1.807, 2.05) is 27.7 Å². The fourth-order valence-electron chi connectivity index (χ4n) is 7.61. The number of alkyl halides is 1. The first-order valence-electron chi connectivity index (χ1n) is 15.9. The number of halogens is 1. The van der Waals surface area contributed by atoms with Crippen LogP contribution in [0.4, 0.5) is 15.0 Å². The maximum Gasteiger partial charge on any atom is 0.408 e. The van der Waals surface area contributed by atoms with Crippen molar-refractivity contribution in [2.24, 2.45) is 23.2 Å². The molecule has 0 unspecified atom stereocenters. The van der Waals surface area contributed by atoms with Crippen LogP contribution in [0.25, 0.3) is 0 Å². The van der Waals surface area contributed by atoms with E-state index in [4.69, 9.17) is 9.47 Å². The van der Waals surface area contributed by atoms with Crippen molar-refractivity contribution in [1.82, 2.24) is 20.1 Å². The summed E-state index contributed by atoms with van der Waals surface area (Å²) in [5, 5.41) is 15.6. The van der Waals surface area contributed by atoms with Crippen molar-refractivity contribution in [1.29, 1.82) is 5.26 Å². The van der Waals surface area contributed by atoms with Crippen LogP contribution in [0.15, 0.2) is 18.3 Å². The number of alkyl carbamates (subject to hydrolysis) is 1. The van der Waals surface area contributed by atoms with Crippen molar-refractivity contribution in [3.05, 3.63) is 18.3 Å². The lowest BCUT2D eigenvalue weighted by Gasteiger charge is -2.39. The maximum absolute atomic E-state index is 15.1. The highest BCUT2D eigenvalue weighted by Crippen LogP contribution is 2.47. The molecule has 1 aromatic heterocycles. The molecule has 4 heterocycles. The van der Waals surface area contributed by atoms with Crippen LogP contribution < -0.4 is 15.4 Å². The number of anilines is 1. The molecular weight excluding hydrogens is 583 g/mol. The van der Waals surface area contributed by atoms with E-state index in [1.54, 1.807) is 17.0 Å². The Bertz CT molecular complexity index is 1420. The molecule has 4 amide bonds. The molecule has 242 valence electrons. The van der Waals surface area contributed by atoms with Gasteiger partial charge in [-0.25, -0.2) is 14.2 Å². The van der Waals surface area contributed by atoms with Crippen LogP contribution in [0.1, 0.15) is 66.2 Å². The molecule has 12 nitrogen and oxygen atoms in total. The molecule has 5 aliphatic rings. The first-order valence-corrected chi connectivity index (χ1v) is 15.9. The van der Waals surface area contributed by atoms with Gasteiger partial charge in [-0.1, -0.05) is 27.7 Å². The molecule has 45 heavy (non-hydrogen) atoms. The highest BCUT2D eigenvalue weighted by atomic mass is 19.1. The third-order valence-corrected chi connectivity index (χ3v) is 10.2. The topological polar surface area (TPSA) is 154 Å². The van der Waals surface area contributed by atoms with Crippen molar-refractivity contribution in [3.63, 3.8) is 0 Å². The average Bonchev–Trinajstić information content (AvgIpc) is 3.61. The van der Waals surface area contributed by atoms with E-state index in [9.17, 15) is 24.4 Å². The molecule has 0 bridgehead atoms. The Hall–Kier alpha value is -3.95. The van der Waals surface area contributed by atoms with Crippen molar-refractivity contribution in [2.75, 3.05) is 18.4 Å². The summed E-state index contributed by atoms with van der Waals surface area (Å²) in [6, 6.07) is 2.94. The number of likely N-dealkylation sites (tertiary alicyclic amines) is 2. The van der Waals surface area contributed by atoms with Gasteiger partial charge in [0.2, 0.25) is 17.4 Å². The van der Waals surface area contributed by atoms with Gasteiger partial charge in [-0.3, -0.25) is 14.4 Å². The fraction of sp³-hybridized carbons (Fsp3) is 0.688. The smallest absolute Gasteiger partial charge is 0.408 e. The van der Waals surface area contributed by atoms with E-state index < -0.39 is 59.1 Å². The number of rotatable bonds is 5. The van der Waals surface area contributed by atoms with Crippen molar-refractivity contribution >= 4 is 29.6 Å². The number of hydrogen-bond donors (Lipinski definition) is 2. The Balaban J connectivity index is 1.26. The second kappa shape index (κ2) is 11.4. The number of nitrogens with zero attached hydrogens (tertiary/aromatic N) is 4. The Kier molecular flexibility index (Phi) is 7.90. The molecule has 8 atom stereocenters. The first-order chi connectivity index (χ1) is 21.3.